The van der Waals surface area contributed by atoms with Crippen LogP contribution in [-0.4, -0.2) is 74.9 Å². The quantitative estimate of drug-likeness (QED) is 0.747. The maximum atomic E-state index is 5.38. The highest BCUT2D eigenvalue weighted by Gasteiger charge is 2.18. The van der Waals surface area contributed by atoms with Gasteiger partial charge in [-0.3, -0.25) is 9.80 Å². The molecule has 2 fully saturated rings. The Balaban J connectivity index is 0.00000150. The van der Waals surface area contributed by atoms with Gasteiger partial charge in [0.1, 0.15) is 0 Å². The molecule has 4 rings (SSSR count). The summed E-state index contributed by atoms with van der Waals surface area (Å²) in [5.41, 5.74) is 1.41. The Morgan fingerprint density at radius 2 is 1.62 bits per heavy atom. The molecule has 2 aromatic rings. The van der Waals surface area contributed by atoms with Gasteiger partial charge in [-0.05, 0) is 22.8 Å². The van der Waals surface area contributed by atoms with Crippen LogP contribution in [0, 0.1) is 11.8 Å². The van der Waals surface area contributed by atoms with E-state index in [4.69, 9.17) is 4.74 Å². The number of fused-ring (bicyclic) bond motifs is 1. The van der Waals surface area contributed by atoms with Crippen molar-refractivity contribution in [3.8, 4) is 11.8 Å². The Morgan fingerprint density at radius 1 is 0.897 bits per heavy atom. The van der Waals surface area contributed by atoms with Crippen LogP contribution in [0.5, 0.6) is 0 Å². The lowest BCUT2D eigenvalue weighted by Crippen LogP contribution is -2.51. The minimum Gasteiger partial charge on any atom is -0.379 e. The van der Waals surface area contributed by atoms with E-state index in [0.717, 1.165) is 65.4 Å². The van der Waals surface area contributed by atoms with Crippen LogP contribution >= 0.6 is 24.8 Å². The van der Waals surface area contributed by atoms with Crippen molar-refractivity contribution >= 4 is 35.6 Å². The van der Waals surface area contributed by atoms with Gasteiger partial charge in [0.25, 0.3) is 0 Å². The van der Waals surface area contributed by atoms with Crippen LogP contribution in [0.4, 0.5) is 0 Å². The number of piperazine rings is 1. The summed E-state index contributed by atoms with van der Waals surface area (Å²) >= 11 is 0. The second-order valence-electron chi connectivity index (χ2n) is 7.51. The van der Waals surface area contributed by atoms with Crippen molar-refractivity contribution < 1.29 is 4.74 Å². The number of halogens is 2. The van der Waals surface area contributed by atoms with Crippen LogP contribution in [0.3, 0.4) is 0 Å². The van der Waals surface area contributed by atoms with E-state index in [2.05, 4.69) is 69.4 Å². The summed E-state index contributed by atoms with van der Waals surface area (Å²) in [5.74, 6) is 6.72. The Bertz CT molecular complexity index is 814. The molecule has 0 bridgehead atoms. The Hall–Kier alpha value is -1.32. The number of hydrogen-bond acceptors (Lipinski definition) is 4. The van der Waals surface area contributed by atoms with E-state index in [1.807, 2.05) is 0 Å². The summed E-state index contributed by atoms with van der Waals surface area (Å²) < 4.78 is 5.38. The van der Waals surface area contributed by atoms with Crippen molar-refractivity contribution in [2.45, 2.75) is 12.5 Å². The largest absolute Gasteiger partial charge is 0.379 e. The molecule has 2 heterocycles. The summed E-state index contributed by atoms with van der Waals surface area (Å²) in [4.78, 5) is 4.85. The van der Waals surface area contributed by atoms with Gasteiger partial charge in [0, 0.05) is 38.8 Å². The van der Waals surface area contributed by atoms with Crippen molar-refractivity contribution in [1.29, 1.82) is 0 Å². The molecule has 0 aliphatic carbocycles. The topological polar surface area (TPSA) is 27.7 Å². The zero-order valence-electron chi connectivity index (χ0n) is 16.8. The summed E-state index contributed by atoms with van der Waals surface area (Å²) in [6.45, 7) is 8.65. The van der Waals surface area contributed by atoms with Gasteiger partial charge in [0.05, 0.1) is 26.3 Å². The van der Waals surface area contributed by atoms with E-state index in [1.54, 1.807) is 0 Å². The Labute approximate surface area is 186 Å². The first kappa shape index (κ1) is 24.0. The van der Waals surface area contributed by atoms with Gasteiger partial charge < -0.3 is 10.1 Å². The first-order valence-electron chi connectivity index (χ1n) is 10.1. The fourth-order valence-corrected chi connectivity index (χ4v) is 3.92. The zero-order chi connectivity index (χ0) is 18.3. The SMILES string of the molecule is C(#CCN1CCNC(Cc2ccc3ccccc3c2)C1)CN1CCOCC1.Cl.Cl. The first-order chi connectivity index (χ1) is 13.4. The van der Waals surface area contributed by atoms with Crippen LogP contribution in [0.25, 0.3) is 10.8 Å². The van der Waals surface area contributed by atoms with Gasteiger partial charge in [-0.25, -0.2) is 0 Å². The molecule has 6 heteroatoms. The summed E-state index contributed by atoms with van der Waals surface area (Å²) in [5, 5.41) is 6.32. The molecule has 2 aromatic carbocycles. The van der Waals surface area contributed by atoms with Crippen molar-refractivity contribution in [3.63, 3.8) is 0 Å². The molecule has 29 heavy (non-hydrogen) atoms. The lowest BCUT2D eigenvalue weighted by molar-refractivity contribution is 0.0443. The third-order valence-corrected chi connectivity index (χ3v) is 5.47. The number of ether oxygens (including phenoxy) is 1. The van der Waals surface area contributed by atoms with Crippen LogP contribution in [0.15, 0.2) is 42.5 Å². The van der Waals surface area contributed by atoms with Gasteiger partial charge in [-0.2, -0.15) is 0 Å². The molecule has 0 aromatic heterocycles. The van der Waals surface area contributed by atoms with E-state index in [9.17, 15) is 0 Å². The maximum absolute atomic E-state index is 5.38. The Kier molecular flexibility index (Phi) is 10.2. The van der Waals surface area contributed by atoms with Gasteiger partial charge in [0.2, 0.25) is 0 Å². The molecular formula is C23H31Cl2N3O. The molecule has 2 aliphatic heterocycles. The lowest BCUT2D eigenvalue weighted by Gasteiger charge is -2.32. The molecule has 158 valence electrons. The average Bonchev–Trinajstić information content (AvgIpc) is 2.72. The minimum atomic E-state index is 0. The second-order valence-corrected chi connectivity index (χ2v) is 7.51. The molecule has 0 spiro atoms. The average molecular weight is 436 g/mol. The predicted molar refractivity (Wildman–Crippen MR) is 125 cm³/mol. The number of nitrogens with zero attached hydrogens (tertiary/aromatic N) is 2. The summed E-state index contributed by atoms with van der Waals surface area (Å²) in [7, 11) is 0. The summed E-state index contributed by atoms with van der Waals surface area (Å²) in [6, 6.07) is 15.9. The minimum absolute atomic E-state index is 0. The van der Waals surface area contributed by atoms with E-state index < -0.39 is 0 Å². The number of hydrogen-bond donors (Lipinski definition) is 1. The molecule has 4 nitrogen and oxygen atoms in total. The van der Waals surface area contributed by atoms with Crippen LogP contribution in [-0.2, 0) is 11.2 Å². The molecular weight excluding hydrogens is 405 g/mol. The number of rotatable bonds is 4. The van der Waals surface area contributed by atoms with Crippen molar-refractivity contribution in [3.05, 3.63) is 48.0 Å². The van der Waals surface area contributed by atoms with Crippen LogP contribution in [0.2, 0.25) is 0 Å². The highest BCUT2D eigenvalue weighted by Crippen LogP contribution is 2.17. The Morgan fingerprint density at radius 3 is 2.41 bits per heavy atom. The van der Waals surface area contributed by atoms with Gasteiger partial charge >= 0.3 is 0 Å². The number of benzene rings is 2. The van der Waals surface area contributed by atoms with E-state index in [1.165, 1.54) is 16.3 Å². The highest BCUT2D eigenvalue weighted by atomic mass is 35.5. The highest BCUT2D eigenvalue weighted by molar-refractivity contribution is 5.85. The normalized spacial score (nSPS) is 20.2. The molecule has 1 atom stereocenters. The number of morpholine rings is 1. The van der Waals surface area contributed by atoms with E-state index in [-0.39, 0.29) is 24.8 Å². The zero-order valence-corrected chi connectivity index (χ0v) is 18.4. The van der Waals surface area contributed by atoms with Gasteiger partial charge in [-0.15, -0.1) is 24.8 Å². The first-order valence-corrected chi connectivity index (χ1v) is 10.1. The molecule has 2 aliphatic rings. The number of nitrogens with one attached hydrogen (secondary N) is 1. The second kappa shape index (κ2) is 12.4. The summed E-state index contributed by atoms with van der Waals surface area (Å²) in [6.07, 6.45) is 1.07. The maximum Gasteiger partial charge on any atom is 0.0603 e. The standard InChI is InChI=1S/C23H29N3O.2ClH/c1-2-6-22-17-20(7-8-21(22)5-1)18-23-19-26(12-9-24-23)11-4-3-10-25-13-15-27-16-14-25;;/h1-2,5-8,17,23-24H,9-16,18-19H2;2*1H. The van der Waals surface area contributed by atoms with E-state index >= 15 is 0 Å². The third kappa shape index (κ3) is 7.15. The van der Waals surface area contributed by atoms with Gasteiger partial charge in [-0.1, -0.05) is 54.3 Å². The van der Waals surface area contributed by atoms with Gasteiger partial charge in [0.15, 0.2) is 0 Å². The molecule has 0 radical (unpaired) electrons. The molecule has 1 N–H and O–H groups in total. The molecule has 0 saturated carbocycles. The van der Waals surface area contributed by atoms with Crippen molar-refractivity contribution in [2.75, 3.05) is 59.0 Å². The van der Waals surface area contributed by atoms with Crippen LogP contribution < -0.4 is 5.32 Å². The van der Waals surface area contributed by atoms with Crippen molar-refractivity contribution in [2.24, 2.45) is 0 Å². The van der Waals surface area contributed by atoms with E-state index in [0.29, 0.717) is 6.04 Å². The monoisotopic (exact) mass is 435 g/mol. The van der Waals surface area contributed by atoms with Crippen LogP contribution in [0.1, 0.15) is 5.56 Å². The predicted octanol–water partition coefficient (Wildman–Crippen LogP) is 2.84. The third-order valence-electron chi connectivity index (χ3n) is 5.47. The fraction of sp³-hybridized carbons (Fsp3) is 0.478. The fourth-order valence-electron chi connectivity index (χ4n) is 3.92. The van der Waals surface area contributed by atoms with Crippen molar-refractivity contribution in [1.82, 2.24) is 15.1 Å². The molecule has 1 unspecified atom stereocenters. The molecule has 2 saturated heterocycles. The molecule has 0 amide bonds. The lowest BCUT2D eigenvalue weighted by atomic mass is 10.0. The smallest absolute Gasteiger partial charge is 0.0603 e.